The lowest BCUT2D eigenvalue weighted by Gasteiger charge is -2.27. The number of nitrogens with zero attached hydrogens (tertiary/aromatic N) is 5. The average Bonchev–Trinajstić information content (AvgIpc) is 3.68. The van der Waals surface area contributed by atoms with Crippen molar-refractivity contribution in [1.82, 2.24) is 24.1 Å². The first kappa shape index (κ1) is 24.7. The standard InChI is InChI=1S/C26H31N7O5/c1-14-16(17-8-4-5-9-18(17)33(14)15-6-2-3-7-15)10-11-28-24-19-25(30-12-29-24)32(13-31-19)26(37)22(35)20(34)21(38-26)23(27)36/h4-5,8-9,12-13,15,20-22,34-35,37H,2-3,6-7,10-11H2,1H3,(H2,27,36)(H,28,29,30)/t20-,21+,22-,26+/m1/s1. The summed E-state index contributed by atoms with van der Waals surface area (Å²) in [4.78, 5) is 24.4. The van der Waals surface area contributed by atoms with Gasteiger partial charge in [0.1, 0.15) is 18.8 Å². The molecule has 0 radical (unpaired) electrons. The van der Waals surface area contributed by atoms with Gasteiger partial charge < -0.3 is 35.7 Å². The SMILES string of the molecule is Cc1c(CCNc2ncnc3c2ncn3[C@@]2(O)O[C@H](C(N)=O)[C@@H](O)[C@H]2O)c2ccccc2n1C1CCCC1. The van der Waals surface area contributed by atoms with Gasteiger partial charge in [-0.25, -0.2) is 15.0 Å². The second-order valence-electron chi connectivity index (χ2n) is 10.1. The fourth-order valence-electron chi connectivity index (χ4n) is 6.05. The lowest BCUT2D eigenvalue weighted by atomic mass is 10.1. The third-order valence-corrected chi connectivity index (χ3v) is 7.92. The maximum Gasteiger partial charge on any atom is 0.286 e. The Balaban J connectivity index is 1.26. The quantitative estimate of drug-likeness (QED) is 0.238. The predicted molar refractivity (Wildman–Crippen MR) is 138 cm³/mol. The van der Waals surface area contributed by atoms with Crippen molar-refractivity contribution in [3.63, 3.8) is 0 Å². The molecule has 1 aliphatic carbocycles. The minimum absolute atomic E-state index is 0.149. The van der Waals surface area contributed by atoms with Crippen LogP contribution in [0.25, 0.3) is 22.1 Å². The maximum absolute atomic E-state index is 11.6. The first-order chi connectivity index (χ1) is 18.3. The van der Waals surface area contributed by atoms with Gasteiger partial charge in [0.25, 0.3) is 5.91 Å². The number of benzene rings is 1. The van der Waals surface area contributed by atoms with Crippen LogP contribution in [0.2, 0.25) is 0 Å². The fourth-order valence-corrected chi connectivity index (χ4v) is 6.05. The van der Waals surface area contributed by atoms with Crippen molar-refractivity contribution >= 4 is 33.8 Å². The number of aliphatic hydroxyl groups excluding tert-OH is 2. The van der Waals surface area contributed by atoms with Gasteiger partial charge >= 0.3 is 0 Å². The molecule has 200 valence electrons. The zero-order valence-corrected chi connectivity index (χ0v) is 21.0. The van der Waals surface area contributed by atoms with Gasteiger partial charge in [-0.2, -0.15) is 0 Å². The number of ether oxygens (including phenoxy) is 1. The molecule has 0 bridgehead atoms. The number of aromatic nitrogens is 5. The summed E-state index contributed by atoms with van der Waals surface area (Å²) in [6, 6.07) is 9.07. The van der Waals surface area contributed by atoms with Gasteiger partial charge in [0.05, 0.1) is 0 Å². The first-order valence-corrected chi connectivity index (χ1v) is 12.9. The summed E-state index contributed by atoms with van der Waals surface area (Å²) in [6.45, 7) is 2.77. The van der Waals surface area contributed by atoms with Crippen LogP contribution in [-0.2, 0) is 21.9 Å². The van der Waals surface area contributed by atoms with Gasteiger partial charge in [0.15, 0.2) is 29.2 Å². The van der Waals surface area contributed by atoms with Crippen molar-refractivity contribution in [3.8, 4) is 0 Å². The van der Waals surface area contributed by atoms with E-state index in [0.29, 0.717) is 23.9 Å². The van der Waals surface area contributed by atoms with E-state index < -0.39 is 30.1 Å². The van der Waals surface area contributed by atoms with Crippen molar-refractivity contribution in [2.24, 2.45) is 5.73 Å². The van der Waals surface area contributed by atoms with Gasteiger partial charge in [-0.05, 0) is 37.8 Å². The largest absolute Gasteiger partial charge is 0.387 e. The molecule has 1 saturated carbocycles. The van der Waals surface area contributed by atoms with Crippen LogP contribution in [0.4, 0.5) is 5.82 Å². The molecule has 12 nitrogen and oxygen atoms in total. The normalized spacial score (nSPS) is 26.1. The number of rotatable bonds is 7. The van der Waals surface area contributed by atoms with Crippen molar-refractivity contribution in [3.05, 3.63) is 48.2 Å². The molecule has 12 heteroatoms. The van der Waals surface area contributed by atoms with Crippen LogP contribution >= 0.6 is 0 Å². The molecule has 0 spiro atoms. The number of carbonyl (C=O) groups excluding carboxylic acids is 1. The van der Waals surface area contributed by atoms with E-state index in [1.165, 1.54) is 60.5 Å². The molecule has 1 amide bonds. The Labute approximate surface area is 218 Å². The molecule has 1 aliphatic heterocycles. The number of aliphatic hydroxyl groups is 3. The monoisotopic (exact) mass is 521 g/mol. The Morgan fingerprint density at radius 3 is 2.71 bits per heavy atom. The number of para-hydroxylation sites is 1. The van der Waals surface area contributed by atoms with Crippen LogP contribution in [0.3, 0.4) is 0 Å². The van der Waals surface area contributed by atoms with Crippen LogP contribution < -0.4 is 11.1 Å². The Bertz CT molecular complexity index is 1510. The molecule has 1 aromatic carbocycles. The van der Waals surface area contributed by atoms with Crippen molar-refractivity contribution in [2.45, 2.75) is 69.3 Å². The number of anilines is 1. The number of hydrogen-bond acceptors (Lipinski definition) is 9. The predicted octanol–water partition coefficient (Wildman–Crippen LogP) is 1.07. The van der Waals surface area contributed by atoms with Crippen LogP contribution in [0, 0.1) is 6.92 Å². The Kier molecular flexibility index (Phi) is 6.06. The van der Waals surface area contributed by atoms with E-state index in [4.69, 9.17) is 10.5 Å². The third-order valence-electron chi connectivity index (χ3n) is 7.92. The highest BCUT2D eigenvalue weighted by Gasteiger charge is 2.57. The molecule has 3 aromatic heterocycles. The number of imidazole rings is 1. The van der Waals surface area contributed by atoms with Crippen molar-refractivity contribution in [1.29, 1.82) is 0 Å². The minimum atomic E-state index is -2.49. The van der Waals surface area contributed by atoms with Crippen LogP contribution in [0.1, 0.15) is 43.0 Å². The molecule has 4 heterocycles. The number of primary amides is 1. The summed E-state index contributed by atoms with van der Waals surface area (Å²) >= 11 is 0. The number of nitrogens with two attached hydrogens (primary N) is 1. The average molecular weight is 522 g/mol. The molecule has 6 N–H and O–H groups in total. The number of amides is 1. The number of nitrogens with one attached hydrogen (secondary N) is 1. The van der Waals surface area contributed by atoms with Crippen molar-refractivity contribution in [2.75, 3.05) is 11.9 Å². The molecule has 38 heavy (non-hydrogen) atoms. The number of fused-ring (bicyclic) bond motifs is 2. The molecule has 1 saturated heterocycles. The smallest absolute Gasteiger partial charge is 0.286 e. The summed E-state index contributed by atoms with van der Waals surface area (Å²) in [7, 11) is 0. The summed E-state index contributed by atoms with van der Waals surface area (Å²) in [5, 5.41) is 36.2. The van der Waals surface area contributed by atoms with Gasteiger partial charge in [-0.3, -0.25) is 9.36 Å². The highest BCUT2D eigenvalue weighted by Crippen LogP contribution is 2.38. The molecule has 2 fully saturated rings. The van der Waals surface area contributed by atoms with E-state index in [1.807, 2.05) is 0 Å². The Morgan fingerprint density at radius 2 is 1.97 bits per heavy atom. The highest BCUT2D eigenvalue weighted by atomic mass is 16.7. The van der Waals surface area contributed by atoms with E-state index in [0.717, 1.165) is 11.0 Å². The molecule has 4 atom stereocenters. The van der Waals surface area contributed by atoms with E-state index in [9.17, 15) is 20.1 Å². The van der Waals surface area contributed by atoms with E-state index >= 15 is 0 Å². The summed E-state index contributed by atoms with van der Waals surface area (Å²) in [5.41, 5.74) is 9.57. The second kappa shape index (κ2) is 9.31. The van der Waals surface area contributed by atoms with E-state index in [1.54, 1.807) is 0 Å². The van der Waals surface area contributed by atoms with Gasteiger partial charge in [-0.1, -0.05) is 31.0 Å². The topological polar surface area (TPSA) is 174 Å². The molecule has 2 aliphatic rings. The number of carbonyl (C=O) groups is 1. The summed E-state index contributed by atoms with van der Waals surface area (Å²) in [6.07, 6.45) is 3.05. The zero-order chi connectivity index (χ0) is 26.6. The zero-order valence-electron chi connectivity index (χ0n) is 21.0. The summed E-state index contributed by atoms with van der Waals surface area (Å²) in [5.74, 6) is -3.06. The molecule has 6 rings (SSSR count). The van der Waals surface area contributed by atoms with Gasteiger partial charge in [-0.15, -0.1) is 0 Å². The minimum Gasteiger partial charge on any atom is -0.387 e. The van der Waals surface area contributed by atoms with E-state index in [2.05, 4.69) is 56.0 Å². The maximum atomic E-state index is 11.6. The molecular weight excluding hydrogens is 490 g/mol. The lowest BCUT2D eigenvalue weighted by Crippen LogP contribution is -2.45. The van der Waals surface area contributed by atoms with Gasteiger partial charge in [0, 0.05) is 29.2 Å². The van der Waals surface area contributed by atoms with E-state index in [-0.39, 0.29) is 5.65 Å². The Hall–Kier alpha value is -3.58. The Morgan fingerprint density at radius 1 is 1.21 bits per heavy atom. The van der Waals surface area contributed by atoms with Crippen LogP contribution in [-0.4, -0.2) is 70.2 Å². The first-order valence-electron chi connectivity index (χ1n) is 12.9. The highest BCUT2D eigenvalue weighted by molar-refractivity contribution is 5.86. The summed E-state index contributed by atoms with van der Waals surface area (Å²) < 4.78 is 8.85. The molecule has 4 aromatic rings. The van der Waals surface area contributed by atoms with Gasteiger partial charge in [0.2, 0.25) is 5.91 Å². The van der Waals surface area contributed by atoms with Crippen molar-refractivity contribution < 1.29 is 24.9 Å². The second-order valence-corrected chi connectivity index (χ2v) is 10.1. The molecule has 0 unspecified atom stereocenters. The lowest BCUT2D eigenvalue weighted by molar-refractivity contribution is -0.282. The fraction of sp³-hybridized carbons (Fsp3) is 0.462. The molecular formula is C26H31N7O5. The third kappa shape index (κ3) is 3.75. The van der Waals surface area contributed by atoms with Crippen LogP contribution in [0.15, 0.2) is 36.9 Å². The van der Waals surface area contributed by atoms with Crippen LogP contribution in [0.5, 0.6) is 0 Å². The number of hydrogen-bond donors (Lipinski definition) is 5.